The van der Waals surface area contributed by atoms with Crippen LogP contribution in [0, 0.1) is 23.0 Å². The Kier molecular flexibility index (Phi) is 5.77. The zero-order valence-electron chi connectivity index (χ0n) is 12.6. The van der Waals surface area contributed by atoms with Crippen molar-refractivity contribution in [3.05, 3.63) is 38.4 Å². The Morgan fingerprint density at radius 1 is 1.36 bits per heavy atom. The van der Waals surface area contributed by atoms with E-state index in [1.165, 1.54) is 44.2 Å². The average molecular weight is 326 g/mol. The van der Waals surface area contributed by atoms with Crippen LogP contribution in [0.4, 0.5) is 5.69 Å². The second-order valence-corrected chi connectivity index (χ2v) is 6.23. The molecule has 0 bridgehead atoms. The van der Waals surface area contributed by atoms with E-state index in [4.69, 9.17) is 16.3 Å². The van der Waals surface area contributed by atoms with Gasteiger partial charge in [0.25, 0.3) is 5.69 Å². The topological polar surface area (TPSA) is 69.4 Å². The first-order chi connectivity index (χ1) is 10.5. The van der Waals surface area contributed by atoms with Gasteiger partial charge in [-0.1, -0.05) is 43.7 Å². The standard InChI is InChI=1S/C16H20ClNO4/c1-11-9-13(17)15(14(10-11)18(20)21)16(19)22-8-7-12-5-3-2-4-6-12/h9-10,12H,2-8H2,1H3. The van der Waals surface area contributed by atoms with Gasteiger partial charge in [-0.3, -0.25) is 10.1 Å². The molecule has 1 saturated carbocycles. The summed E-state index contributed by atoms with van der Waals surface area (Å²) < 4.78 is 5.21. The predicted molar refractivity (Wildman–Crippen MR) is 84.3 cm³/mol. The van der Waals surface area contributed by atoms with E-state index in [0.717, 1.165) is 6.42 Å². The molecule has 0 atom stereocenters. The summed E-state index contributed by atoms with van der Waals surface area (Å²) in [7, 11) is 0. The lowest BCUT2D eigenvalue weighted by molar-refractivity contribution is -0.385. The molecule has 1 aromatic carbocycles. The van der Waals surface area contributed by atoms with Gasteiger partial charge in [-0.25, -0.2) is 4.79 Å². The molecule has 2 rings (SSSR count). The van der Waals surface area contributed by atoms with E-state index in [1.807, 2.05) is 0 Å². The van der Waals surface area contributed by atoms with Crippen LogP contribution in [-0.4, -0.2) is 17.5 Å². The van der Waals surface area contributed by atoms with Crippen LogP contribution in [0.2, 0.25) is 5.02 Å². The van der Waals surface area contributed by atoms with Gasteiger partial charge in [-0.2, -0.15) is 0 Å². The lowest BCUT2D eigenvalue weighted by Gasteiger charge is -2.21. The monoisotopic (exact) mass is 325 g/mol. The van der Waals surface area contributed by atoms with E-state index in [-0.39, 0.29) is 22.9 Å². The minimum atomic E-state index is -0.715. The van der Waals surface area contributed by atoms with Crippen molar-refractivity contribution in [1.29, 1.82) is 0 Å². The van der Waals surface area contributed by atoms with Gasteiger partial charge in [0.1, 0.15) is 0 Å². The third-order valence-corrected chi connectivity index (χ3v) is 4.40. The molecule has 0 N–H and O–H groups in total. The van der Waals surface area contributed by atoms with Crippen molar-refractivity contribution in [3.8, 4) is 0 Å². The number of ether oxygens (including phenoxy) is 1. The first-order valence-electron chi connectivity index (χ1n) is 7.60. The number of benzene rings is 1. The Hall–Kier alpha value is -1.62. The quantitative estimate of drug-likeness (QED) is 0.447. The van der Waals surface area contributed by atoms with Crippen LogP contribution in [0.3, 0.4) is 0 Å². The molecule has 0 unspecified atom stereocenters. The predicted octanol–water partition coefficient (Wildman–Crippen LogP) is 4.68. The maximum atomic E-state index is 12.1. The van der Waals surface area contributed by atoms with Gasteiger partial charge in [-0.15, -0.1) is 0 Å². The summed E-state index contributed by atoms with van der Waals surface area (Å²) in [6.45, 7) is 1.97. The average Bonchev–Trinajstić information content (AvgIpc) is 2.47. The molecule has 0 saturated heterocycles. The Balaban J connectivity index is 2.01. The van der Waals surface area contributed by atoms with Crippen molar-refractivity contribution in [2.45, 2.75) is 45.4 Å². The van der Waals surface area contributed by atoms with Crippen molar-refractivity contribution in [2.75, 3.05) is 6.61 Å². The van der Waals surface area contributed by atoms with Crippen molar-refractivity contribution >= 4 is 23.3 Å². The molecule has 120 valence electrons. The molecule has 1 aliphatic carbocycles. The van der Waals surface area contributed by atoms with Crippen LogP contribution in [0.25, 0.3) is 0 Å². The smallest absolute Gasteiger partial charge is 0.346 e. The molecule has 1 aromatic rings. The van der Waals surface area contributed by atoms with Crippen LogP contribution in [0.15, 0.2) is 12.1 Å². The zero-order valence-corrected chi connectivity index (χ0v) is 13.4. The van der Waals surface area contributed by atoms with E-state index in [1.54, 1.807) is 6.92 Å². The molecule has 0 amide bonds. The van der Waals surface area contributed by atoms with Gasteiger partial charge < -0.3 is 4.74 Å². The number of halogens is 1. The zero-order chi connectivity index (χ0) is 16.1. The Labute approximate surface area is 134 Å². The van der Waals surface area contributed by atoms with E-state index < -0.39 is 10.9 Å². The minimum Gasteiger partial charge on any atom is -0.462 e. The number of hydrogen-bond acceptors (Lipinski definition) is 4. The highest BCUT2D eigenvalue weighted by Crippen LogP contribution is 2.30. The first-order valence-corrected chi connectivity index (χ1v) is 7.98. The third kappa shape index (κ3) is 4.19. The number of nitro benzene ring substituents is 1. The molecule has 0 heterocycles. The molecule has 1 aliphatic rings. The number of nitro groups is 1. The fraction of sp³-hybridized carbons (Fsp3) is 0.562. The Morgan fingerprint density at radius 3 is 2.68 bits per heavy atom. The van der Waals surface area contributed by atoms with Gasteiger partial charge in [0.05, 0.1) is 16.6 Å². The van der Waals surface area contributed by atoms with E-state index in [0.29, 0.717) is 11.5 Å². The third-order valence-electron chi connectivity index (χ3n) is 4.10. The number of rotatable bonds is 5. The molecule has 0 spiro atoms. The van der Waals surface area contributed by atoms with Gasteiger partial charge in [-0.05, 0) is 30.9 Å². The second-order valence-electron chi connectivity index (χ2n) is 5.83. The number of esters is 1. The minimum absolute atomic E-state index is 0.0642. The number of aryl methyl sites for hydroxylation is 1. The van der Waals surface area contributed by atoms with Gasteiger partial charge in [0.2, 0.25) is 0 Å². The van der Waals surface area contributed by atoms with E-state index in [2.05, 4.69) is 0 Å². The van der Waals surface area contributed by atoms with Crippen LogP contribution in [-0.2, 0) is 4.74 Å². The van der Waals surface area contributed by atoms with Crippen LogP contribution >= 0.6 is 11.6 Å². The summed E-state index contributed by atoms with van der Waals surface area (Å²) in [5.41, 5.74) is 0.184. The summed E-state index contributed by atoms with van der Waals surface area (Å²) in [5.74, 6) is -0.127. The SMILES string of the molecule is Cc1cc(Cl)c(C(=O)OCCC2CCCCC2)c([N+](=O)[O-])c1. The summed E-state index contributed by atoms with van der Waals surface area (Å²) in [5, 5.41) is 11.2. The number of nitrogens with zero attached hydrogens (tertiary/aromatic N) is 1. The lowest BCUT2D eigenvalue weighted by Crippen LogP contribution is -2.14. The molecule has 6 heteroatoms. The van der Waals surface area contributed by atoms with E-state index >= 15 is 0 Å². The van der Waals surface area contributed by atoms with Crippen molar-refractivity contribution in [1.82, 2.24) is 0 Å². The molecule has 0 radical (unpaired) electrons. The van der Waals surface area contributed by atoms with Crippen molar-refractivity contribution in [2.24, 2.45) is 5.92 Å². The Bertz CT molecular complexity index is 568. The molecule has 5 nitrogen and oxygen atoms in total. The van der Waals surface area contributed by atoms with Crippen LogP contribution in [0.5, 0.6) is 0 Å². The summed E-state index contributed by atoms with van der Waals surface area (Å²) in [6.07, 6.45) is 6.89. The molecule has 0 aromatic heterocycles. The van der Waals surface area contributed by atoms with E-state index in [9.17, 15) is 14.9 Å². The summed E-state index contributed by atoms with van der Waals surface area (Å²) in [6, 6.07) is 2.87. The molecule has 22 heavy (non-hydrogen) atoms. The second kappa shape index (κ2) is 7.58. The first kappa shape index (κ1) is 16.7. The highest BCUT2D eigenvalue weighted by Gasteiger charge is 2.26. The lowest BCUT2D eigenvalue weighted by atomic mass is 9.87. The highest BCUT2D eigenvalue weighted by atomic mass is 35.5. The molecular formula is C16H20ClNO4. The highest BCUT2D eigenvalue weighted by molar-refractivity contribution is 6.34. The van der Waals surface area contributed by atoms with Crippen molar-refractivity contribution < 1.29 is 14.5 Å². The van der Waals surface area contributed by atoms with Gasteiger partial charge in [0, 0.05) is 6.07 Å². The van der Waals surface area contributed by atoms with Crippen LogP contribution < -0.4 is 0 Å². The maximum absolute atomic E-state index is 12.1. The van der Waals surface area contributed by atoms with Gasteiger partial charge in [0.15, 0.2) is 5.56 Å². The normalized spacial score (nSPS) is 15.5. The summed E-state index contributed by atoms with van der Waals surface area (Å²) >= 11 is 6.00. The fourth-order valence-electron chi connectivity index (χ4n) is 2.94. The Morgan fingerprint density at radius 2 is 2.05 bits per heavy atom. The number of carbonyl (C=O) groups is 1. The molecule has 0 aliphatic heterocycles. The molecule has 1 fully saturated rings. The van der Waals surface area contributed by atoms with Crippen LogP contribution in [0.1, 0.15) is 54.4 Å². The fourth-order valence-corrected chi connectivity index (χ4v) is 3.28. The number of carbonyl (C=O) groups excluding carboxylic acids is 1. The number of hydrogen-bond donors (Lipinski definition) is 0. The maximum Gasteiger partial charge on any atom is 0.346 e. The molecular weight excluding hydrogens is 306 g/mol. The van der Waals surface area contributed by atoms with Crippen molar-refractivity contribution in [3.63, 3.8) is 0 Å². The summed E-state index contributed by atoms with van der Waals surface area (Å²) in [4.78, 5) is 22.6. The largest absolute Gasteiger partial charge is 0.462 e. The van der Waals surface area contributed by atoms with Gasteiger partial charge >= 0.3 is 5.97 Å².